The summed E-state index contributed by atoms with van der Waals surface area (Å²) in [5.41, 5.74) is 4.44. The highest BCUT2D eigenvalue weighted by molar-refractivity contribution is 6.33. The summed E-state index contributed by atoms with van der Waals surface area (Å²) in [6.07, 6.45) is 0.957. The molecule has 1 N–H and O–H groups in total. The molecule has 1 aromatic heterocycles. The third-order valence-corrected chi connectivity index (χ3v) is 3.30. The number of nitrogens with zero attached hydrogens (tertiary/aromatic N) is 2. The molecule has 0 bridgehead atoms. The molecule has 4 heteroatoms. The molecule has 2 aromatic rings. The maximum absolute atomic E-state index is 6.15. The van der Waals surface area contributed by atoms with Crippen LogP contribution >= 0.6 is 11.6 Å². The van der Waals surface area contributed by atoms with Gasteiger partial charge in [0.1, 0.15) is 0 Å². The molecule has 0 aliphatic carbocycles. The first-order valence-corrected chi connectivity index (χ1v) is 6.49. The molecular formula is C14H18ClN3. The Morgan fingerprint density at radius 2 is 2.11 bits per heavy atom. The van der Waals surface area contributed by atoms with Gasteiger partial charge in [0.25, 0.3) is 0 Å². The van der Waals surface area contributed by atoms with Crippen LogP contribution in [0.25, 0.3) is 0 Å². The number of anilines is 1. The van der Waals surface area contributed by atoms with Gasteiger partial charge in [0.15, 0.2) is 0 Å². The van der Waals surface area contributed by atoms with Crippen LogP contribution in [0, 0.1) is 6.92 Å². The third-order valence-electron chi connectivity index (χ3n) is 2.97. The fourth-order valence-corrected chi connectivity index (χ4v) is 2.05. The number of aryl methyl sites for hydroxylation is 3. The monoisotopic (exact) mass is 263 g/mol. The molecule has 0 radical (unpaired) electrons. The van der Waals surface area contributed by atoms with Crippen molar-refractivity contribution < 1.29 is 0 Å². The predicted octanol–water partition coefficient (Wildman–Crippen LogP) is 3.56. The van der Waals surface area contributed by atoms with E-state index < -0.39 is 0 Å². The molecule has 2 rings (SSSR count). The summed E-state index contributed by atoms with van der Waals surface area (Å²) in [7, 11) is 1.97. The molecule has 0 saturated heterocycles. The summed E-state index contributed by atoms with van der Waals surface area (Å²) in [6.45, 7) is 4.89. The lowest BCUT2D eigenvalue weighted by atomic mass is 10.2. The van der Waals surface area contributed by atoms with E-state index in [1.807, 2.05) is 23.9 Å². The van der Waals surface area contributed by atoms with Gasteiger partial charge in [-0.15, -0.1) is 0 Å². The molecule has 0 aliphatic heterocycles. The van der Waals surface area contributed by atoms with Gasteiger partial charge in [-0.05, 0) is 37.1 Å². The van der Waals surface area contributed by atoms with Gasteiger partial charge in [-0.1, -0.05) is 24.6 Å². The van der Waals surface area contributed by atoms with E-state index in [4.69, 9.17) is 11.6 Å². The second-order valence-corrected chi connectivity index (χ2v) is 4.85. The van der Waals surface area contributed by atoms with E-state index >= 15 is 0 Å². The summed E-state index contributed by atoms with van der Waals surface area (Å²) < 4.78 is 1.91. The second kappa shape index (κ2) is 5.44. The van der Waals surface area contributed by atoms with Crippen LogP contribution in [0.3, 0.4) is 0 Å². The summed E-state index contributed by atoms with van der Waals surface area (Å²) in [6, 6.07) is 8.10. The molecule has 0 amide bonds. The Hall–Kier alpha value is -1.48. The number of nitrogens with one attached hydrogen (secondary N) is 1. The molecule has 0 spiro atoms. The standard InChI is InChI=1S/C14H18ClN3/c1-4-11-8-12(18(3)17-11)9-16-14-7-10(2)5-6-13(14)15/h5-8,16H,4,9H2,1-3H3. The molecule has 0 fully saturated rings. The topological polar surface area (TPSA) is 29.9 Å². The molecule has 0 atom stereocenters. The zero-order valence-corrected chi connectivity index (χ0v) is 11.8. The highest BCUT2D eigenvalue weighted by atomic mass is 35.5. The van der Waals surface area contributed by atoms with Crippen molar-refractivity contribution in [2.24, 2.45) is 7.05 Å². The van der Waals surface area contributed by atoms with E-state index in [0.29, 0.717) is 0 Å². The van der Waals surface area contributed by atoms with Crippen LogP contribution in [0.5, 0.6) is 0 Å². The lowest BCUT2D eigenvalue weighted by molar-refractivity contribution is 0.707. The zero-order valence-electron chi connectivity index (χ0n) is 11.0. The highest BCUT2D eigenvalue weighted by Crippen LogP contribution is 2.23. The second-order valence-electron chi connectivity index (χ2n) is 4.44. The minimum atomic E-state index is 0.729. The smallest absolute Gasteiger partial charge is 0.0637 e. The van der Waals surface area contributed by atoms with Gasteiger partial charge in [0.05, 0.1) is 28.6 Å². The van der Waals surface area contributed by atoms with Gasteiger partial charge in [-0.25, -0.2) is 0 Å². The van der Waals surface area contributed by atoms with Crippen molar-refractivity contribution in [3.8, 4) is 0 Å². The van der Waals surface area contributed by atoms with Crippen LogP contribution in [0.4, 0.5) is 5.69 Å². The molecule has 0 saturated carbocycles. The van der Waals surface area contributed by atoms with Gasteiger partial charge in [0.2, 0.25) is 0 Å². The molecular weight excluding hydrogens is 246 g/mol. The molecule has 96 valence electrons. The normalized spacial score (nSPS) is 10.7. The van der Waals surface area contributed by atoms with Crippen molar-refractivity contribution in [1.29, 1.82) is 0 Å². The third kappa shape index (κ3) is 2.85. The van der Waals surface area contributed by atoms with Crippen molar-refractivity contribution in [3.05, 3.63) is 46.2 Å². The Labute approximate surface area is 113 Å². The van der Waals surface area contributed by atoms with Crippen molar-refractivity contribution in [1.82, 2.24) is 9.78 Å². The first kappa shape index (κ1) is 13.0. The molecule has 1 aromatic carbocycles. The number of rotatable bonds is 4. The van der Waals surface area contributed by atoms with E-state index in [0.717, 1.165) is 35.1 Å². The SMILES string of the molecule is CCc1cc(CNc2cc(C)ccc2Cl)n(C)n1. The molecule has 3 nitrogen and oxygen atoms in total. The quantitative estimate of drug-likeness (QED) is 0.914. The Morgan fingerprint density at radius 3 is 2.78 bits per heavy atom. The fourth-order valence-electron chi connectivity index (χ4n) is 1.87. The van der Waals surface area contributed by atoms with Crippen LogP contribution in [0.1, 0.15) is 23.9 Å². The molecule has 0 aliphatic rings. The lowest BCUT2D eigenvalue weighted by Crippen LogP contribution is -2.05. The summed E-state index contributed by atoms with van der Waals surface area (Å²) in [4.78, 5) is 0. The van der Waals surface area contributed by atoms with Crippen LogP contribution in [-0.4, -0.2) is 9.78 Å². The van der Waals surface area contributed by atoms with Crippen LogP contribution in [0.15, 0.2) is 24.3 Å². The average Bonchev–Trinajstić information content (AvgIpc) is 2.71. The Bertz CT molecular complexity index is 546. The average molecular weight is 264 g/mol. The summed E-state index contributed by atoms with van der Waals surface area (Å²) in [5, 5.41) is 8.53. The number of halogens is 1. The van der Waals surface area contributed by atoms with E-state index in [9.17, 15) is 0 Å². The zero-order chi connectivity index (χ0) is 13.1. The van der Waals surface area contributed by atoms with Crippen LogP contribution in [-0.2, 0) is 20.0 Å². The number of benzene rings is 1. The molecule has 18 heavy (non-hydrogen) atoms. The van der Waals surface area contributed by atoms with Crippen molar-refractivity contribution in [2.75, 3.05) is 5.32 Å². The van der Waals surface area contributed by atoms with Crippen LogP contribution in [0.2, 0.25) is 5.02 Å². The van der Waals surface area contributed by atoms with Gasteiger partial charge in [-0.2, -0.15) is 5.10 Å². The van der Waals surface area contributed by atoms with Crippen molar-refractivity contribution >= 4 is 17.3 Å². The fraction of sp³-hybridized carbons (Fsp3) is 0.357. The van der Waals surface area contributed by atoms with Gasteiger partial charge in [0, 0.05) is 7.05 Å². The first-order valence-electron chi connectivity index (χ1n) is 6.12. The largest absolute Gasteiger partial charge is 0.378 e. The van der Waals surface area contributed by atoms with Gasteiger partial charge in [-0.3, -0.25) is 4.68 Å². The van der Waals surface area contributed by atoms with E-state index in [2.05, 4.69) is 36.4 Å². The Morgan fingerprint density at radius 1 is 1.33 bits per heavy atom. The summed E-state index contributed by atoms with van der Waals surface area (Å²) >= 11 is 6.15. The Balaban J connectivity index is 2.11. The van der Waals surface area contributed by atoms with E-state index in [-0.39, 0.29) is 0 Å². The van der Waals surface area contributed by atoms with Crippen molar-refractivity contribution in [2.45, 2.75) is 26.8 Å². The Kier molecular flexibility index (Phi) is 3.92. The number of hydrogen-bond donors (Lipinski definition) is 1. The number of hydrogen-bond acceptors (Lipinski definition) is 2. The lowest BCUT2D eigenvalue weighted by Gasteiger charge is -2.09. The minimum absolute atomic E-state index is 0.729. The predicted molar refractivity (Wildman–Crippen MR) is 76.1 cm³/mol. The first-order chi connectivity index (χ1) is 8.60. The van der Waals surface area contributed by atoms with E-state index in [1.165, 1.54) is 5.56 Å². The van der Waals surface area contributed by atoms with Gasteiger partial charge >= 0.3 is 0 Å². The molecule has 0 unspecified atom stereocenters. The highest BCUT2D eigenvalue weighted by Gasteiger charge is 2.05. The maximum Gasteiger partial charge on any atom is 0.0637 e. The summed E-state index contributed by atoms with van der Waals surface area (Å²) in [5.74, 6) is 0. The van der Waals surface area contributed by atoms with Crippen LogP contribution < -0.4 is 5.32 Å². The maximum atomic E-state index is 6.15. The van der Waals surface area contributed by atoms with Crippen molar-refractivity contribution in [3.63, 3.8) is 0 Å². The van der Waals surface area contributed by atoms with E-state index in [1.54, 1.807) is 0 Å². The van der Waals surface area contributed by atoms with Gasteiger partial charge < -0.3 is 5.32 Å². The minimum Gasteiger partial charge on any atom is -0.378 e. The number of aromatic nitrogens is 2. The molecule has 1 heterocycles.